The number of ether oxygens (including phenoxy) is 1. The van der Waals surface area contributed by atoms with Crippen molar-refractivity contribution in [2.24, 2.45) is 0 Å². The average Bonchev–Trinajstić information content (AvgIpc) is 3.21. The highest BCUT2D eigenvalue weighted by molar-refractivity contribution is 6.10. The molecule has 0 saturated carbocycles. The molecule has 6 nitrogen and oxygen atoms in total. The predicted molar refractivity (Wildman–Crippen MR) is 137 cm³/mol. The van der Waals surface area contributed by atoms with Crippen LogP contribution in [-0.2, 0) is 6.61 Å². The lowest BCUT2D eigenvalue weighted by Crippen LogP contribution is -2.30. The van der Waals surface area contributed by atoms with Crippen molar-refractivity contribution in [1.29, 1.82) is 0 Å². The third kappa shape index (κ3) is 4.04. The van der Waals surface area contributed by atoms with Crippen LogP contribution in [0.25, 0.3) is 11.0 Å². The van der Waals surface area contributed by atoms with Crippen LogP contribution in [0.4, 0.5) is 10.2 Å². The van der Waals surface area contributed by atoms with Crippen LogP contribution in [0.3, 0.4) is 0 Å². The summed E-state index contributed by atoms with van der Waals surface area (Å²) in [7, 11) is 0. The Hall–Kier alpha value is -4.78. The Morgan fingerprint density at radius 2 is 1.76 bits per heavy atom. The highest BCUT2D eigenvalue weighted by atomic mass is 19.1. The number of amides is 1. The molecule has 0 radical (unpaired) electrons. The molecule has 182 valence electrons. The molecule has 1 unspecified atom stereocenters. The number of benzene rings is 3. The summed E-state index contributed by atoms with van der Waals surface area (Å²) in [5.41, 5.74) is 2.48. The minimum absolute atomic E-state index is 0.0678. The summed E-state index contributed by atoms with van der Waals surface area (Å²) in [6.45, 7) is 2.30. The number of halogens is 1. The van der Waals surface area contributed by atoms with Crippen molar-refractivity contribution < 1.29 is 18.3 Å². The fraction of sp³-hybridized carbons (Fsp3) is 0.100. The van der Waals surface area contributed by atoms with E-state index in [-0.39, 0.29) is 22.3 Å². The number of pyridine rings is 1. The Balaban J connectivity index is 1.45. The number of carbonyl (C=O) groups is 1. The molecule has 6 rings (SSSR count). The molecule has 0 aliphatic carbocycles. The lowest BCUT2D eigenvalue weighted by molar-refractivity contribution is 0.0970. The van der Waals surface area contributed by atoms with Crippen molar-refractivity contribution in [2.75, 3.05) is 4.90 Å². The van der Waals surface area contributed by atoms with Crippen molar-refractivity contribution in [3.8, 4) is 5.75 Å². The van der Waals surface area contributed by atoms with E-state index in [4.69, 9.17) is 9.15 Å². The van der Waals surface area contributed by atoms with Gasteiger partial charge in [0.2, 0.25) is 5.76 Å². The molecule has 1 amide bonds. The van der Waals surface area contributed by atoms with Gasteiger partial charge in [0.15, 0.2) is 5.43 Å². The van der Waals surface area contributed by atoms with Crippen LogP contribution in [0.15, 0.2) is 100 Å². The van der Waals surface area contributed by atoms with Crippen LogP contribution in [0.1, 0.15) is 38.9 Å². The largest absolute Gasteiger partial charge is 0.489 e. The van der Waals surface area contributed by atoms with E-state index in [0.29, 0.717) is 23.7 Å². The molecule has 1 aliphatic rings. The topological polar surface area (TPSA) is 72.6 Å². The van der Waals surface area contributed by atoms with Gasteiger partial charge in [0.1, 0.15) is 29.6 Å². The summed E-state index contributed by atoms with van der Waals surface area (Å²) < 4.78 is 25.8. The van der Waals surface area contributed by atoms with E-state index in [1.165, 1.54) is 17.0 Å². The smallest absolute Gasteiger partial charge is 0.296 e. The Morgan fingerprint density at radius 3 is 2.51 bits per heavy atom. The number of aryl methyl sites for hydroxylation is 1. The first-order valence-corrected chi connectivity index (χ1v) is 11.8. The van der Waals surface area contributed by atoms with E-state index in [1.54, 1.807) is 24.4 Å². The normalized spacial score (nSPS) is 14.7. The average molecular weight is 493 g/mol. The standard InChI is InChI=1S/C30H21FN2O4/c1-18-13-14-32-25(15-18)33-27(20-7-10-22(11-8-20)36-17-19-5-3-2-4-6-19)26-28(34)23-16-21(31)9-12-24(23)37-29(26)30(33)35/h2-16,27H,17H2,1H3. The summed E-state index contributed by atoms with van der Waals surface area (Å²) >= 11 is 0. The molecule has 2 aromatic heterocycles. The number of carbonyl (C=O) groups excluding carboxylic acids is 1. The van der Waals surface area contributed by atoms with E-state index >= 15 is 0 Å². The Labute approximate surface area is 211 Å². The zero-order chi connectivity index (χ0) is 25.5. The van der Waals surface area contributed by atoms with Crippen LogP contribution in [0.5, 0.6) is 5.75 Å². The maximum Gasteiger partial charge on any atom is 0.296 e. The lowest BCUT2D eigenvalue weighted by Gasteiger charge is -2.24. The van der Waals surface area contributed by atoms with E-state index in [0.717, 1.165) is 17.2 Å². The Bertz CT molecular complexity index is 1700. The van der Waals surface area contributed by atoms with Gasteiger partial charge in [-0.25, -0.2) is 9.37 Å². The number of aromatic nitrogens is 1. The van der Waals surface area contributed by atoms with E-state index in [2.05, 4.69) is 4.98 Å². The summed E-state index contributed by atoms with van der Waals surface area (Å²) in [5.74, 6) is -0.0733. The molecule has 7 heteroatoms. The number of rotatable bonds is 5. The van der Waals surface area contributed by atoms with Gasteiger partial charge >= 0.3 is 0 Å². The second-order valence-electron chi connectivity index (χ2n) is 8.93. The quantitative estimate of drug-likeness (QED) is 0.303. The van der Waals surface area contributed by atoms with Crippen molar-refractivity contribution in [1.82, 2.24) is 4.98 Å². The highest BCUT2D eigenvalue weighted by Crippen LogP contribution is 2.41. The number of fused-ring (bicyclic) bond motifs is 2. The van der Waals surface area contributed by atoms with E-state index < -0.39 is 23.2 Å². The van der Waals surface area contributed by atoms with Crippen LogP contribution < -0.4 is 15.1 Å². The van der Waals surface area contributed by atoms with Crippen molar-refractivity contribution in [3.63, 3.8) is 0 Å². The fourth-order valence-corrected chi connectivity index (χ4v) is 4.64. The lowest BCUT2D eigenvalue weighted by atomic mass is 9.98. The van der Waals surface area contributed by atoms with Crippen molar-refractivity contribution >= 4 is 22.7 Å². The van der Waals surface area contributed by atoms with Gasteiger partial charge in [0.05, 0.1) is 17.0 Å². The third-order valence-electron chi connectivity index (χ3n) is 6.42. The minimum atomic E-state index is -0.802. The summed E-state index contributed by atoms with van der Waals surface area (Å²) in [5, 5.41) is 0.0819. The molecule has 0 fully saturated rings. The van der Waals surface area contributed by atoms with Gasteiger partial charge in [-0.2, -0.15) is 0 Å². The second kappa shape index (κ2) is 9.02. The van der Waals surface area contributed by atoms with Crippen LogP contribution in [0, 0.1) is 12.7 Å². The van der Waals surface area contributed by atoms with Crippen LogP contribution in [-0.4, -0.2) is 10.9 Å². The molecule has 0 N–H and O–H groups in total. The molecular weight excluding hydrogens is 471 g/mol. The number of nitrogens with zero attached hydrogens (tertiary/aromatic N) is 2. The fourth-order valence-electron chi connectivity index (χ4n) is 4.64. The maximum absolute atomic E-state index is 14.0. The molecule has 5 aromatic rings. The van der Waals surface area contributed by atoms with Gasteiger partial charge in [0.25, 0.3) is 5.91 Å². The van der Waals surface area contributed by atoms with Crippen LogP contribution in [0.2, 0.25) is 0 Å². The first-order chi connectivity index (χ1) is 18.0. The van der Waals surface area contributed by atoms with Crippen molar-refractivity contribution in [2.45, 2.75) is 19.6 Å². The molecule has 1 aliphatic heterocycles. The molecule has 3 heterocycles. The Morgan fingerprint density at radius 1 is 0.973 bits per heavy atom. The number of hydrogen-bond acceptors (Lipinski definition) is 5. The molecule has 37 heavy (non-hydrogen) atoms. The van der Waals surface area contributed by atoms with Gasteiger partial charge in [0, 0.05) is 6.20 Å². The molecule has 1 atom stereocenters. The van der Waals surface area contributed by atoms with E-state index in [1.807, 2.05) is 55.5 Å². The van der Waals surface area contributed by atoms with Gasteiger partial charge in [-0.15, -0.1) is 0 Å². The number of hydrogen-bond donors (Lipinski definition) is 0. The highest BCUT2D eigenvalue weighted by Gasteiger charge is 2.44. The Kier molecular flexibility index (Phi) is 5.53. The zero-order valence-corrected chi connectivity index (χ0v) is 19.9. The summed E-state index contributed by atoms with van der Waals surface area (Å²) in [4.78, 5) is 33.1. The van der Waals surface area contributed by atoms with Gasteiger partial charge in [-0.05, 0) is 66.1 Å². The van der Waals surface area contributed by atoms with Gasteiger partial charge in [-0.3, -0.25) is 14.5 Å². The van der Waals surface area contributed by atoms with Gasteiger partial charge in [-0.1, -0.05) is 42.5 Å². The number of anilines is 1. The van der Waals surface area contributed by atoms with Crippen molar-refractivity contribution in [3.05, 3.63) is 135 Å². The second-order valence-corrected chi connectivity index (χ2v) is 8.93. The maximum atomic E-state index is 14.0. The zero-order valence-electron chi connectivity index (χ0n) is 19.9. The minimum Gasteiger partial charge on any atom is -0.489 e. The SMILES string of the molecule is Cc1ccnc(N2C(=O)c3oc4ccc(F)cc4c(=O)c3C2c2ccc(OCc3ccccc3)cc2)c1. The molecule has 3 aromatic carbocycles. The monoisotopic (exact) mass is 492 g/mol. The molecule has 0 spiro atoms. The summed E-state index contributed by atoms with van der Waals surface area (Å²) in [6, 6.07) is 23.5. The molecule has 0 bridgehead atoms. The van der Waals surface area contributed by atoms with Crippen LogP contribution >= 0.6 is 0 Å². The molecular formula is C30H21FN2O4. The van der Waals surface area contributed by atoms with E-state index in [9.17, 15) is 14.0 Å². The third-order valence-corrected chi connectivity index (χ3v) is 6.42. The molecule has 0 saturated heterocycles. The predicted octanol–water partition coefficient (Wildman–Crippen LogP) is 5.96. The first-order valence-electron chi connectivity index (χ1n) is 11.8. The first kappa shape index (κ1) is 22.7. The summed E-state index contributed by atoms with van der Waals surface area (Å²) in [6.07, 6.45) is 1.61. The van der Waals surface area contributed by atoms with Gasteiger partial charge < -0.3 is 9.15 Å².